The number of nitrogens with zero attached hydrogens (tertiary/aromatic N) is 2. The predicted molar refractivity (Wildman–Crippen MR) is 93.8 cm³/mol. The number of benzene rings is 1. The summed E-state index contributed by atoms with van der Waals surface area (Å²) in [4.78, 5) is 28.9. The summed E-state index contributed by atoms with van der Waals surface area (Å²) < 4.78 is 6.27. The van der Waals surface area contributed by atoms with E-state index in [4.69, 9.17) is 4.74 Å². The van der Waals surface area contributed by atoms with E-state index in [2.05, 4.69) is 22.2 Å². The lowest BCUT2D eigenvalue weighted by Gasteiger charge is -2.25. The highest BCUT2D eigenvalue weighted by molar-refractivity contribution is 5.95. The molecule has 1 saturated carbocycles. The maximum absolute atomic E-state index is 12.3. The van der Waals surface area contributed by atoms with Crippen LogP contribution >= 0.6 is 0 Å². The van der Waals surface area contributed by atoms with Crippen LogP contribution in [0, 0.1) is 0 Å². The minimum atomic E-state index is -0.495. The molecule has 0 amide bonds. The molecule has 6 nitrogen and oxygen atoms in total. The molecule has 1 aliphatic carbocycles. The molecule has 0 atom stereocenters. The molecule has 6 heteroatoms. The Morgan fingerprint density at radius 2 is 2.08 bits per heavy atom. The Hall–Kier alpha value is -2.89. The van der Waals surface area contributed by atoms with Crippen molar-refractivity contribution in [2.24, 2.45) is 0 Å². The molecule has 0 unspecified atom stereocenters. The molecule has 2 heterocycles. The molecule has 0 bridgehead atoms. The fourth-order valence-corrected chi connectivity index (χ4v) is 3.16. The number of ether oxygens (including phenoxy) is 1. The van der Waals surface area contributed by atoms with Crippen LogP contribution in [0.4, 0.5) is 0 Å². The Morgan fingerprint density at radius 1 is 1.32 bits per heavy atom. The van der Waals surface area contributed by atoms with Crippen molar-refractivity contribution < 1.29 is 9.53 Å². The Balaban J connectivity index is 1.75. The number of aromatic amines is 1. The van der Waals surface area contributed by atoms with Crippen LogP contribution in [-0.2, 0) is 4.74 Å². The first-order valence-electron chi connectivity index (χ1n) is 8.56. The van der Waals surface area contributed by atoms with E-state index in [0.717, 1.165) is 5.56 Å². The van der Waals surface area contributed by atoms with Crippen LogP contribution in [-0.4, -0.2) is 27.2 Å². The molecule has 0 radical (unpaired) electrons. The van der Waals surface area contributed by atoms with Gasteiger partial charge in [0.2, 0.25) is 0 Å². The maximum atomic E-state index is 12.3. The highest BCUT2D eigenvalue weighted by atomic mass is 16.5. The van der Waals surface area contributed by atoms with Crippen molar-refractivity contribution in [2.45, 2.75) is 32.1 Å². The number of fused-ring (bicyclic) bond motifs is 1. The SMILES string of the molecule is CCOC(=O)c1c[nH]n2c(=O)cc(-c3ccc(C4CCC4)cc3)nc12. The summed E-state index contributed by atoms with van der Waals surface area (Å²) in [6, 6.07) is 9.65. The predicted octanol–water partition coefficient (Wildman–Crippen LogP) is 3.13. The first-order valence-corrected chi connectivity index (χ1v) is 8.56. The maximum Gasteiger partial charge on any atom is 0.343 e. The first kappa shape index (κ1) is 15.6. The summed E-state index contributed by atoms with van der Waals surface area (Å²) in [6.45, 7) is 2.00. The average molecular weight is 337 g/mol. The van der Waals surface area contributed by atoms with Crippen LogP contribution in [0.2, 0.25) is 0 Å². The van der Waals surface area contributed by atoms with Crippen molar-refractivity contribution in [3.63, 3.8) is 0 Å². The summed E-state index contributed by atoms with van der Waals surface area (Å²) in [6.07, 6.45) is 5.24. The molecule has 1 fully saturated rings. The second-order valence-electron chi connectivity index (χ2n) is 6.30. The van der Waals surface area contributed by atoms with Crippen LogP contribution in [0.5, 0.6) is 0 Å². The lowest BCUT2D eigenvalue weighted by atomic mass is 9.80. The van der Waals surface area contributed by atoms with Gasteiger partial charge < -0.3 is 4.74 Å². The molecule has 1 aromatic carbocycles. The monoisotopic (exact) mass is 337 g/mol. The molecule has 1 N–H and O–H groups in total. The van der Waals surface area contributed by atoms with E-state index in [9.17, 15) is 9.59 Å². The molecule has 128 valence electrons. The molecule has 0 aliphatic heterocycles. The van der Waals surface area contributed by atoms with Crippen LogP contribution in [0.3, 0.4) is 0 Å². The number of hydrogen-bond donors (Lipinski definition) is 1. The summed E-state index contributed by atoms with van der Waals surface area (Å²) >= 11 is 0. The molecule has 25 heavy (non-hydrogen) atoms. The van der Waals surface area contributed by atoms with Crippen molar-refractivity contribution in [1.82, 2.24) is 14.6 Å². The van der Waals surface area contributed by atoms with Crippen LogP contribution in [0.15, 0.2) is 41.3 Å². The van der Waals surface area contributed by atoms with E-state index in [1.807, 2.05) is 12.1 Å². The number of carbonyl (C=O) groups excluding carboxylic acids is 1. The lowest BCUT2D eigenvalue weighted by Crippen LogP contribution is -2.15. The molecular weight excluding hydrogens is 318 g/mol. The van der Waals surface area contributed by atoms with Gasteiger partial charge >= 0.3 is 5.97 Å². The van der Waals surface area contributed by atoms with Crippen LogP contribution in [0.25, 0.3) is 16.9 Å². The summed E-state index contributed by atoms with van der Waals surface area (Å²) in [5.74, 6) is 0.167. The summed E-state index contributed by atoms with van der Waals surface area (Å²) in [7, 11) is 0. The van der Waals surface area contributed by atoms with Gasteiger partial charge in [-0.2, -0.15) is 0 Å². The van der Waals surface area contributed by atoms with Crippen LogP contribution in [0.1, 0.15) is 48.0 Å². The van der Waals surface area contributed by atoms with Gasteiger partial charge in [-0.3, -0.25) is 9.89 Å². The third-order valence-electron chi connectivity index (χ3n) is 4.78. The van der Waals surface area contributed by atoms with E-state index in [1.54, 1.807) is 6.92 Å². The highest BCUT2D eigenvalue weighted by Crippen LogP contribution is 2.36. The minimum Gasteiger partial charge on any atom is -0.462 e. The van der Waals surface area contributed by atoms with Gasteiger partial charge in [0.25, 0.3) is 5.56 Å². The number of aromatic nitrogens is 3. The first-order chi connectivity index (χ1) is 12.2. The van der Waals surface area contributed by atoms with Crippen molar-refractivity contribution >= 4 is 11.6 Å². The highest BCUT2D eigenvalue weighted by Gasteiger charge is 2.20. The zero-order valence-electron chi connectivity index (χ0n) is 14.0. The molecule has 1 aliphatic rings. The molecular formula is C19H19N3O3. The van der Waals surface area contributed by atoms with Crippen LogP contribution < -0.4 is 5.56 Å². The van der Waals surface area contributed by atoms with Gasteiger partial charge in [0, 0.05) is 17.8 Å². The Labute approximate surface area is 144 Å². The smallest absolute Gasteiger partial charge is 0.343 e. The second kappa shape index (κ2) is 6.20. The number of hydrogen-bond acceptors (Lipinski definition) is 4. The van der Waals surface area contributed by atoms with Gasteiger partial charge in [-0.05, 0) is 31.2 Å². The number of carbonyl (C=O) groups is 1. The van der Waals surface area contributed by atoms with Gasteiger partial charge in [0.15, 0.2) is 5.65 Å². The third-order valence-corrected chi connectivity index (χ3v) is 4.78. The van der Waals surface area contributed by atoms with Gasteiger partial charge in [0.05, 0.1) is 12.3 Å². The molecule has 3 aromatic rings. The van der Waals surface area contributed by atoms with Crippen molar-refractivity contribution in [2.75, 3.05) is 6.61 Å². The molecule has 4 rings (SSSR count). The average Bonchev–Trinajstić information content (AvgIpc) is 2.99. The second-order valence-corrected chi connectivity index (χ2v) is 6.30. The van der Waals surface area contributed by atoms with E-state index in [0.29, 0.717) is 11.6 Å². The minimum absolute atomic E-state index is 0.256. The van der Waals surface area contributed by atoms with Crippen molar-refractivity contribution in [3.05, 3.63) is 58.0 Å². The standard InChI is InChI=1S/C19H19N3O3/c1-2-25-19(24)15-11-20-22-17(23)10-16(21-18(15)22)14-8-6-13(7-9-14)12-4-3-5-12/h6-12,20H,2-5H2,1H3. The van der Waals surface area contributed by atoms with Gasteiger partial charge in [-0.15, -0.1) is 0 Å². The zero-order chi connectivity index (χ0) is 17.4. The largest absolute Gasteiger partial charge is 0.462 e. The topological polar surface area (TPSA) is 76.5 Å². The van der Waals surface area contributed by atoms with Gasteiger partial charge in [0.1, 0.15) is 5.56 Å². The fraction of sp³-hybridized carbons (Fsp3) is 0.316. The van der Waals surface area contributed by atoms with Crippen molar-refractivity contribution in [3.8, 4) is 11.3 Å². The van der Waals surface area contributed by atoms with Gasteiger partial charge in [-0.1, -0.05) is 30.7 Å². The fourth-order valence-electron chi connectivity index (χ4n) is 3.16. The van der Waals surface area contributed by atoms with E-state index < -0.39 is 5.97 Å². The number of H-pyrrole nitrogens is 1. The summed E-state index contributed by atoms with van der Waals surface area (Å²) in [5, 5.41) is 2.75. The van der Waals surface area contributed by atoms with Crippen molar-refractivity contribution in [1.29, 1.82) is 0 Å². The number of nitrogens with one attached hydrogen (secondary N) is 1. The van der Waals surface area contributed by atoms with E-state index in [-0.39, 0.29) is 23.4 Å². The Kier molecular flexibility index (Phi) is 3.87. The number of rotatable bonds is 4. The Morgan fingerprint density at radius 3 is 2.72 bits per heavy atom. The van der Waals surface area contributed by atoms with Gasteiger partial charge in [-0.25, -0.2) is 14.3 Å². The molecule has 0 saturated heterocycles. The normalized spacial score (nSPS) is 14.4. The Bertz CT molecular complexity index is 981. The molecule has 2 aromatic heterocycles. The quantitative estimate of drug-likeness (QED) is 0.742. The number of esters is 1. The summed E-state index contributed by atoms with van der Waals surface area (Å²) in [5.41, 5.74) is 3.02. The van der Waals surface area contributed by atoms with E-state index in [1.165, 1.54) is 41.6 Å². The zero-order valence-corrected chi connectivity index (χ0v) is 14.0. The van der Waals surface area contributed by atoms with E-state index >= 15 is 0 Å². The lowest BCUT2D eigenvalue weighted by molar-refractivity contribution is 0.0528. The molecule has 0 spiro atoms. The third kappa shape index (κ3) is 2.73.